The van der Waals surface area contributed by atoms with Gasteiger partial charge in [-0.1, -0.05) is 6.42 Å². The van der Waals surface area contributed by atoms with Crippen molar-refractivity contribution < 1.29 is 13.2 Å². The normalized spacial score (nSPS) is 23.7. The number of ketones is 1. The van der Waals surface area contributed by atoms with E-state index in [9.17, 15) is 13.2 Å². The Bertz CT molecular complexity index is 579. The van der Waals surface area contributed by atoms with Crippen LogP contribution < -0.4 is 5.73 Å². The summed E-state index contributed by atoms with van der Waals surface area (Å²) in [7, 11) is -3.07. The van der Waals surface area contributed by atoms with Crippen molar-refractivity contribution in [3.63, 3.8) is 0 Å². The minimum atomic E-state index is -3.07. The first-order valence-electron chi connectivity index (χ1n) is 6.86. The van der Waals surface area contributed by atoms with E-state index in [1.807, 2.05) is 0 Å². The number of rotatable bonds is 5. The van der Waals surface area contributed by atoms with Gasteiger partial charge in [0.15, 0.2) is 5.78 Å². The van der Waals surface area contributed by atoms with E-state index in [2.05, 4.69) is 4.98 Å². The highest BCUT2D eigenvalue weighted by Gasteiger charge is 2.33. The van der Waals surface area contributed by atoms with Crippen molar-refractivity contribution in [2.24, 2.45) is 11.7 Å². The molecule has 1 aromatic heterocycles. The summed E-state index contributed by atoms with van der Waals surface area (Å²) in [5, 5.41) is -0.392. The molecule has 1 aliphatic carbocycles. The van der Waals surface area contributed by atoms with E-state index in [0.29, 0.717) is 31.6 Å². The van der Waals surface area contributed by atoms with Gasteiger partial charge < -0.3 is 10.3 Å². The summed E-state index contributed by atoms with van der Waals surface area (Å²) >= 11 is 0. The summed E-state index contributed by atoms with van der Waals surface area (Å²) in [4.78, 5) is 16.5. The van der Waals surface area contributed by atoms with Gasteiger partial charge in [-0.15, -0.1) is 0 Å². The van der Waals surface area contributed by atoms with E-state index in [1.165, 1.54) is 6.26 Å². The average Bonchev–Trinajstić information content (AvgIpc) is 2.86. The summed E-state index contributed by atoms with van der Waals surface area (Å²) in [6.45, 7) is 1.11. The molecular weight excluding hydrogens is 278 g/mol. The third-order valence-electron chi connectivity index (χ3n) is 3.88. The van der Waals surface area contributed by atoms with Gasteiger partial charge in [0.05, 0.1) is 11.6 Å². The second-order valence-corrected chi connectivity index (χ2v) is 7.79. The van der Waals surface area contributed by atoms with Crippen molar-refractivity contribution in [2.45, 2.75) is 37.5 Å². The van der Waals surface area contributed by atoms with Crippen molar-refractivity contribution in [3.05, 3.63) is 18.2 Å². The second kappa shape index (κ2) is 6.05. The number of Topliss-reactive ketones (excluding diaryl/α,β-unsaturated/α-hetero) is 1. The third kappa shape index (κ3) is 3.46. The van der Waals surface area contributed by atoms with E-state index in [-0.39, 0.29) is 11.7 Å². The van der Waals surface area contributed by atoms with Crippen LogP contribution in [0, 0.1) is 5.92 Å². The van der Waals surface area contributed by atoms with Crippen LogP contribution in [-0.4, -0.2) is 41.8 Å². The number of nitrogens with two attached hydrogens (primary N) is 1. The van der Waals surface area contributed by atoms with E-state index < -0.39 is 15.1 Å². The van der Waals surface area contributed by atoms with Gasteiger partial charge in [-0.05, 0) is 19.3 Å². The van der Waals surface area contributed by atoms with Crippen LogP contribution in [0.1, 0.15) is 36.2 Å². The molecule has 1 aliphatic rings. The summed E-state index contributed by atoms with van der Waals surface area (Å²) in [6.07, 6.45) is 7.13. The standard InChI is InChI=1S/C13H21N3O3S/c1-20(18,19)11-4-2-3-10(7-11)13(17)12-8-16(6-5-14)9-15-12/h8-11H,2-7,14H2,1H3. The molecule has 6 nitrogen and oxygen atoms in total. The molecule has 2 unspecified atom stereocenters. The van der Waals surface area contributed by atoms with Gasteiger partial charge in [0.1, 0.15) is 15.5 Å². The number of sulfone groups is 1. The summed E-state index contributed by atoms with van der Waals surface area (Å²) in [6, 6.07) is 0. The monoisotopic (exact) mass is 299 g/mol. The molecule has 2 N–H and O–H groups in total. The number of carbonyl (C=O) groups is 1. The summed E-state index contributed by atoms with van der Waals surface area (Å²) in [5.41, 5.74) is 5.87. The smallest absolute Gasteiger partial charge is 0.185 e. The zero-order valence-corrected chi connectivity index (χ0v) is 12.5. The Morgan fingerprint density at radius 3 is 2.90 bits per heavy atom. The molecule has 0 radical (unpaired) electrons. The minimum Gasteiger partial charge on any atom is -0.335 e. The number of carbonyl (C=O) groups excluding carboxylic acids is 1. The Labute approximate surface area is 119 Å². The van der Waals surface area contributed by atoms with E-state index >= 15 is 0 Å². The number of nitrogens with zero attached hydrogens (tertiary/aromatic N) is 2. The minimum absolute atomic E-state index is 0.0471. The lowest BCUT2D eigenvalue weighted by Gasteiger charge is -2.26. The molecule has 0 aromatic carbocycles. The molecule has 1 fully saturated rings. The maximum Gasteiger partial charge on any atom is 0.185 e. The quantitative estimate of drug-likeness (QED) is 0.805. The molecule has 20 heavy (non-hydrogen) atoms. The van der Waals surface area contributed by atoms with Gasteiger partial charge in [-0.3, -0.25) is 4.79 Å². The molecule has 1 aromatic rings. The fourth-order valence-electron chi connectivity index (χ4n) is 2.74. The summed E-state index contributed by atoms with van der Waals surface area (Å²) < 4.78 is 25.1. The predicted octanol–water partition coefficient (Wildman–Crippen LogP) is 0.628. The van der Waals surface area contributed by atoms with Gasteiger partial charge in [0, 0.05) is 31.5 Å². The van der Waals surface area contributed by atoms with Crippen molar-refractivity contribution in [1.29, 1.82) is 0 Å². The molecule has 0 amide bonds. The van der Waals surface area contributed by atoms with Crippen molar-refractivity contribution >= 4 is 15.6 Å². The van der Waals surface area contributed by atoms with E-state index in [4.69, 9.17) is 5.73 Å². The highest BCUT2D eigenvalue weighted by Crippen LogP contribution is 2.30. The molecule has 2 atom stereocenters. The number of aromatic nitrogens is 2. The average molecular weight is 299 g/mol. The van der Waals surface area contributed by atoms with Crippen LogP contribution in [-0.2, 0) is 16.4 Å². The van der Waals surface area contributed by atoms with E-state index in [1.54, 1.807) is 17.1 Å². The number of imidazole rings is 1. The molecule has 7 heteroatoms. The maximum atomic E-state index is 12.4. The van der Waals surface area contributed by atoms with Crippen molar-refractivity contribution in [3.8, 4) is 0 Å². The highest BCUT2D eigenvalue weighted by molar-refractivity contribution is 7.91. The lowest BCUT2D eigenvalue weighted by Crippen LogP contribution is -2.31. The van der Waals surface area contributed by atoms with E-state index in [0.717, 1.165) is 12.8 Å². The Morgan fingerprint density at radius 2 is 2.25 bits per heavy atom. The number of hydrogen-bond acceptors (Lipinski definition) is 5. The van der Waals surface area contributed by atoms with Crippen LogP contribution in [0.5, 0.6) is 0 Å². The van der Waals surface area contributed by atoms with Gasteiger partial charge in [0.25, 0.3) is 0 Å². The molecule has 1 heterocycles. The molecule has 0 aliphatic heterocycles. The van der Waals surface area contributed by atoms with Crippen LogP contribution in [0.15, 0.2) is 12.5 Å². The number of hydrogen-bond donors (Lipinski definition) is 1. The van der Waals surface area contributed by atoms with Crippen molar-refractivity contribution in [1.82, 2.24) is 9.55 Å². The zero-order chi connectivity index (χ0) is 14.8. The third-order valence-corrected chi connectivity index (χ3v) is 5.51. The SMILES string of the molecule is CS(=O)(=O)C1CCCC(C(=O)c2cn(CCN)cn2)C1. The molecule has 1 saturated carbocycles. The molecule has 0 bridgehead atoms. The first kappa shape index (κ1) is 15.2. The molecule has 2 rings (SSSR count). The largest absolute Gasteiger partial charge is 0.335 e. The molecule has 0 saturated heterocycles. The Hall–Kier alpha value is -1.21. The lowest BCUT2D eigenvalue weighted by molar-refractivity contribution is 0.0886. The second-order valence-electron chi connectivity index (χ2n) is 5.46. The van der Waals surface area contributed by atoms with Gasteiger partial charge >= 0.3 is 0 Å². The van der Waals surface area contributed by atoms with Crippen molar-refractivity contribution in [2.75, 3.05) is 12.8 Å². The van der Waals surface area contributed by atoms with Gasteiger partial charge in [0.2, 0.25) is 0 Å². The topological polar surface area (TPSA) is 95.0 Å². The highest BCUT2D eigenvalue weighted by atomic mass is 32.2. The Balaban J connectivity index is 2.08. The fourth-order valence-corrected chi connectivity index (χ4v) is 3.92. The fraction of sp³-hybridized carbons (Fsp3) is 0.692. The molecule has 112 valence electrons. The molecule has 0 spiro atoms. The lowest BCUT2D eigenvalue weighted by atomic mass is 9.85. The zero-order valence-electron chi connectivity index (χ0n) is 11.7. The Kier molecular flexibility index (Phi) is 4.59. The van der Waals surface area contributed by atoms with Crippen LogP contribution in [0.2, 0.25) is 0 Å². The maximum absolute atomic E-state index is 12.4. The predicted molar refractivity (Wildman–Crippen MR) is 76.2 cm³/mol. The first-order chi connectivity index (χ1) is 9.41. The Morgan fingerprint density at radius 1 is 1.50 bits per heavy atom. The van der Waals surface area contributed by atoms with Gasteiger partial charge in [-0.25, -0.2) is 13.4 Å². The van der Waals surface area contributed by atoms with Crippen LogP contribution >= 0.6 is 0 Å². The molecular formula is C13H21N3O3S. The van der Waals surface area contributed by atoms with Gasteiger partial charge in [-0.2, -0.15) is 0 Å². The summed E-state index contributed by atoms with van der Waals surface area (Å²) in [5.74, 6) is -0.279. The first-order valence-corrected chi connectivity index (χ1v) is 8.82. The van der Waals surface area contributed by atoms with Crippen LogP contribution in [0.3, 0.4) is 0 Å². The van der Waals surface area contributed by atoms with Crippen LogP contribution in [0.4, 0.5) is 0 Å². The van der Waals surface area contributed by atoms with Crippen LogP contribution in [0.25, 0.3) is 0 Å².